The maximum atomic E-state index is 12.4. The Bertz CT molecular complexity index is 668. The predicted octanol–water partition coefficient (Wildman–Crippen LogP) is 5.01. The maximum absolute atomic E-state index is 12.4. The van der Waals surface area contributed by atoms with Crippen LogP contribution in [0, 0.1) is 6.92 Å². The molecule has 1 atom stereocenters. The molecule has 2 aromatic rings. The summed E-state index contributed by atoms with van der Waals surface area (Å²) in [6.07, 6.45) is 1.02. The van der Waals surface area contributed by atoms with Crippen molar-refractivity contribution >= 4 is 23.2 Å². The minimum absolute atomic E-state index is 0.174. The van der Waals surface area contributed by atoms with Crippen LogP contribution >= 0.6 is 11.6 Å². The van der Waals surface area contributed by atoms with E-state index in [0.29, 0.717) is 22.9 Å². The zero-order valence-electron chi connectivity index (χ0n) is 13.7. The normalized spacial score (nSPS) is 11.8. The molecule has 1 N–H and O–H groups in total. The highest BCUT2D eigenvalue weighted by Gasteiger charge is 2.18. The highest BCUT2D eigenvalue weighted by molar-refractivity contribution is 6.31. The summed E-state index contributed by atoms with van der Waals surface area (Å²) >= 11 is 6.09. The van der Waals surface area contributed by atoms with Crippen LogP contribution in [0.25, 0.3) is 0 Å². The van der Waals surface area contributed by atoms with Crippen molar-refractivity contribution in [1.82, 2.24) is 0 Å². The lowest BCUT2D eigenvalue weighted by molar-refractivity contribution is -0.122. The van der Waals surface area contributed by atoms with E-state index < -0.39 is 6.10 Å². The van der Waals surface area contributed by atoms with Gasteiger partial charge in [-0.3, -0.25) is 4.79 Å². The first-order chi connectivity index (χ1) is 11.0. The number of ether oxygens (including phenoxy) is 1. The number of benzene rings is 2. The second kappa shape index (κ2) is 8.02. The highest BCUT2D eigenvalue weighted by atomic mass is 35.5. The van der Waals surface area contributed by atoms with Crippen molar-refractivity contribution < 1.29 is 9.53 Å². The monoisotopic (exact) mass is 331 g/mol. The minimum Gasteiger partial charge on any atom is -0.481 e. The van der Waals surface area contributed by atoms with Gasteiger partial charge in [-0.1, -0.05) is 43.6 Å². The second-order valence-corrected chi connectivity index (χ2v) is 5.87. The fraction of sp³-hybridized carbons (Fsp3) is 0.316. The molecule has 0 unspecified atom stereocenters. The molecule has 4 heteroatoms. The number of aryl methyl sites for hydroxylation is 2. The van der Waals surface area contributed by atoms with E-state index in [-0.39, 0.29) is 5.91 Å². The number of rotatable bonds is 6. The lowest BCUT2D eigenvalue weighted by Crippen LogP contribution is -2.32. The van der Waals surface area contributed by atoms with Gasteiger partial charge < -0.3 is 10.1 Å². The predicted molar refractivity (Wildman–Crippen MR) is 95.3 cm³/mol. The van der Waals surface area contributed by atoms with E-state index >= 15 is 0 Å². The molecule has 0 aliphatic carbocycles. The number of anilines is 1. The molecule has 0 saturated heterocycles. The first kappa shape index (κ1) is 17.4. The average molecular weight is 332 g/mol. The molecular weight excluding hydrogens is 310 g/mol. The van der Waals surface area contributed by atoms with Gasteiger partial charge in [0.25, 0.3) is 5.91 Å². The summed E-state index contributed by atoms with van der Waals surface area (Å²) in [4.78, 5) is 12.4. The Morgan fingerprint density at radius 2 is 1.87 bits per heavy atom. The molecule has 0 radical (unpaired) electrons. The standard InChI is InChI=1S/C19H22ClNO2/c1-4-14-7-10-16(11-8-14)23-18(5-2)19(22)21-15-9-6-13(3)17(20)12-15/h6-12,18H,4-5H2,1-3H3,(H,21,22)/t18-/m1/s1. The smallest absolute Gasteiger partial charge is 0.265 e. The molecule has 0 aliphatic rings. The molecule has 2 rings (SSSR count). The summed E-state index contributed by atoms with van der Waals surface area (Å²) in [7, 11) is 0. The Kier molecular flexibility index (Phi) is 6.05. The molecule has 3 nitrogen and oxygen atoms in total. The van der Waals surface area contributed by atoms with E-state index in [9.17, 15) is 4.79 Å². The van der Waals surface area contributed by atoms with Gasteiger partial charge in [-0.05, 0) is 55.2 Å². The summed E-state index contributed by atoms with van der Waals surface area (Å²) in [6, 6.07) is 13.3. The Hall–Kier alpha value is -2.00. The Morgan fingerprint density at radius 1 is 1.17 bits per heavy atom. The summed E-state index contributed by atoms with van der Waals surface area (Å²) in [5.74, 6) is 0.526. The van der Waals surface area contributed by atoms with Crippen LogP contribution in [0.2, 0.25) is 5.02 Å². The molecule has 122 valence electrons. The first-order valence-corrected chi connectivity index (χ1v) is 8.23. The molecule has 0 fully saturated rings. The summed E-state index contributed by atoms with van der Waals surface area (Å²) in [6.45, 7) is 5.95. The zero-order chi connectivity index (χ0) is 16.8. The van der Waals surface area contributed by atoms with Crippen molar-refractivity contribution in [2.75, 3.05) is 5.32 Å². The van der Waals surface area contributed by atoms with Gasteiger partial charge in [0.15, 0.2) is 6.10 Å². The van der Waals surface area contributed by atoms with E-state index in [4.69, 9.17) is 16.3 Å². The zero-order valence-corrected chi connectivity index (χ0v) is 14.5. The number of hydrogen-bond donors (Lipinski definition) is 1. The van der Waals surface area contributed by atoms with Crippen LogP contribution in [0.3, 0.4) is 0 Å². The van der Waals surface area contributed by atoms with Gasteiger partial charge in [0.1, 0.15) is 5.75 Å². The fourth-order valence-electron chi connectivity index (χ4n) is 2.18. The molecule has 23 heavy (non-hydrogen) atoms. The van der Waals surface area contributed by atoms with E-state index in [1.165, 1.54) is 5.56 Å². The molecular formula is C19H22ClNO2. The molecule has 0 saturated carbocycles. The van der Waals surface area contributed by atoms with Crippen molar-refractivity contribution in [3.8, 4) is 5.75 Å². The molecule has 0 aromatic heterocycles. The third-order valence-corrected chi connectivity index (χ3v) is 4.12. The van der Waals surface area contributed by atoms with Crippen LogP contribution in [0.5, 0.6) is 5.75 Å². The van der Waals surface area contributed by atoms with Crippen molar-refractivity contribution in [1.29, 1.82) is 0 Å². The van der Waals surface area contributed by atoms with Crippen LogP contribution in [-0.2, 0) is 11.2 Å². The largest absolute Gasteiger partial charge is 0.481 e. The number of hydrogen-bond acceptors (Lipinski definition) is 2. The number of amides is 1. The SMILES string of the molecule is CCc1ccc(O[C@H](CC)C(=O)Nc2ccc(C)c(Cl)c2)cc1. The van der Waals surface area contributed by atoms with E-state index in [1.54, 1.807) is 6.07 Å². The fourth-order valence-corrected chi connectivity index (χ4v) is 2.36. The lowest BCUT2D eigenvalue weighted by Gasteiger charge is -2.17. The number of carbonyl (C=O) groups excluding carboxylic acids is 1. The van der Waals surface area contributed by atoms with Gasteiger partial charge in [0.2, 0.25) is 0 Å². The van der Waals surface area contributed by atoms with Crippen molar-refractivity contribution in [3.63, 3.8) is 0 Å². The second-order valence-electron chi connectivity index (χ2n) is 5.47. The topological polar surface area (TPSA) is 38.3 Å². The van der Waals surface area contributed by atoms with Gasteiger partial charge >= 0.3 is 0 Å². The van der Waals surface area contributed by atoms with Crippen molar-refractivity contribution in [2.45, 2.75) is 39.7 Å². The van der Waals surface area contributed by atoms with Gasteiger partial charge in [0.05, 0.1) is 0 Å². The first-order valence-electron chi connectivity index (χ1n) is 7.86. The molecule has 0 bridgehead atoms. The molecule has 0 aliphatic heterocycles. The Labute approximate surface area is 142 Å². The number of halogens is 1. The van der Waals surface area contributed by atoms with Gasteiger partial charge in [-0.15, -0.1) is 0 Å². The summed E-state index contributed by atoms with van der Waals surface area (Å²) < 4.78 is 5.81. The summed E-state index contributed by atoms with van der Waals surface area (Å²) in [5, 5.41) is 3.49. The highest BCUT2D eigenvalue weighted by Crippen LogP contribution is 2.21. The van der Waals surface area contributed by atoms with E-state index in [0.717, 1.165) is 12.0 Å². The summed E-state index contributed by atoms with van der Waals surface area (Å²) in [5.41, 5.74) is 2.89. The Balaban J connectivity index is 2.03. The third kappa shape index (κ3) is 4.73. The van der Waals surface area contributed by atoms with Gasteiger partial charge in [-0.25, -0.2) is 0 Å². The lowest BCUT2D eigenvalue weighted by atomic mass is 10.1. The minimum atomic E-state index is -0.539. The molecule has 1 amide bonds. The van der Waals surface area contributed by atoms with Crippen LogP contribution in [-0.4, -0.2) is 12.0 Å². The molecule has 0 heterocycles. The average Bonchev–Trinajstić information content (AvgIpc) is 2.56. The van der Waals surface area contributed by atoms with Crippen molar-refractivity contribution in [3.05, 3.63) is 58.6 Å². The van der Waals surface area contributed by atoms with Crippen LogP contribution < -0.4 is 10.1 Å². The van der Waals surface area contributed by atoms with E-state index in [2.05, 4.69) is 12.2 Å². The van der Waals surface area contributed by atoms with Gasteiger partial charge in [0, 0.05) is 10.7 Å². The molecule has 2 aromatic carbocycles. The quantitative estimate of drug-likeness (QED) is 0.808. The maximum Gasteiger partial charge on any atom is 0.265 e. The molecule has 0 spiro atoms. The number of nitrogens with one attached hydrogen (secondary N) is 1. The van der Waals surface area contributed by atoms with Crippen LogP contribution in [0.4, 0.5) is 5.69 Å². The Morgan fingerprint density at radius 3 is 2.43 bits per heavy atom. The van der Waals surface area contributed by atoms with Crippen LogP contribution in [0.15, 0.2) is 42.5 Å². The van der Waals surface area contributed by atoms with Crippen LogP contribution in [0.1, 0.15) is 31.4 Å². The van der Waals surface area contributed by atoms with Crippen molar-refractivity contribution in [2.24, 2.45) is 0 Å². The number of carbonyl (C=O) groups is 1. The van der Waals surface area contributed by atoms with Gasteiger partial charge in [-0.2, -0.15) is 0 Å². The third-order valence-electron chi connectivity index (χ3n) is 3.71. The van der Waals surface area contributed by atoms with E-state index in [1.807, 2.05) is 50.2 Å².